The minimum absolute atomic E-state index is 0.0771. The molecule has 2 heterocycles. The topological polar surface area (TPSA) is 159 Å². The SMILES string of the molecule is [2H]C([2H])([2H])NC(=O)c1cnc(NC(=O)C2CC2)cc1Nc1cccc(-c2ncc(S(C)(=N)=O)cn2)c1OC. The maximum atomic E-state index is 12.8. The Labute approximate surface area is 206 Å². The summed E-state index contributed by atoms with van der Waals surface area (Å²) in [6.45, 7) is -2.73. The number of amides is 2. The average Bonchev–Trinajstić information content (AvgIpc) is 3.68. The molecule has 4 rings (SSSR count). The van der Waals surface area contributed by atoms with Gasteiger partial charge in [-0.25, -0.2) is 23.9 Å². The van der Waals surface area contributed by atoms with Gasteiger partial charge in [0.25, 0.3) is 5.91 Å². The maximum absolute atomic E-state index is 12.8. The molecule has 2 aromatic heterocycles. The van der Waals surface area contributed by atoms with Crippen molar-refractivity contribution in [3.63, 3.8) is 0 Å². The van der Waals surface area contributed by atoms with Crippen LogP contribution in [0.15, 0.2) is 47.8 Å². The standard InChI is InChI=1S/C23H25N7O4S/c1-25-23(32)16-12-26-19(30-22(31)13-7-8-13)9-18(16)29-17-6-4-5-15(20(17)34-2)21-27-10-14(11-28-21)35(3,24)33/h4-6,9-13,24H,7-8H2,1-3H3,(H,25,32)(H2,26,29,30,31)/i1D3. The van der Waals surface area contributed by atoms with Crippen LogP contribution in [-0.2, 0) is 14.5 Å². The first-order chi connectivity index (χ1) is 17.9. The van der Waals surface area contributed by atoms with E-state index in [0.29, 0.717) is 17.0 Å². The van der Waals surface area contributed by atoms with E-state index in [2.05, 4.69) is 25.6 Å². The number of ether oxygens (including phenoxy) is 1. The van der Waals surface area contributed by atoms with Crippen LogP contribution in [0.25, 0.3) is 11.4 Å². The largest absolute Gasteiger partial charge is 0.494 e. The molecule has 0 bridgehead atoms. The van der Waals surface area contributed by atoms with Crippen LogP contribution in [0.4, 0.5) is 17.2 Å². The van der Waals surface area contributed by atoms with E-state index in [-0.39, 0.29) is 39.6 Å². The van der Waals surface area contributed by atoms with E-state index < -0.39 is 22.6 Å². The van der Waals surface area contributed by atoms with Crippen molar-refractivity contribution in [1.29, 1.82) is 4.78 Å². The van der Waals surface area contributed by atoms with E-state index in [9.17, 15) is 13.8 Å². The summed E-state index contributed by atoms with van der Waals surface area (Å²) in [6.07, 6.45) is 6.65. The third kappa shape index (κ3) is 5.38. The van der Waals surface area contributed by atoms with Gasteiger partial charge < -0.3 is 20.7 Å². The van der Waals surface area contributed by atoms with Crippen molar-refractivity contribution in [2.45, 2.75) is 17.7 Å². The highest BCUT2D eigenvalue weighted by Gasteiger charge is 2.30. The summed E-state index contributed by atoms with van der Waals surface area (Å²) in [5, 5.41) is 7.71. The number of carbonyl (C=O) groups is 2. The van der Waals surface area contributed by atoms with Crippen LogP contribution in [0.3, 0.4) is 0 Å². The van der Waals surface area contributed by atoms with Gasteiger partial charge in [-0.1, -0.05) is 6.07 Å². The molecule has 1 aliphatic rings. The number of anilines is 3. The first-order valence-electron chi connectivity index (χ1n) is 12.0. The molecule has 0 aliphatic heterocycles. The highest BCUT2D eigenvalue weighted by atomic mass is 32.2. The number of methoxy groups -OCH3 is 1. The summed E-state index contributed by atoms with van der Waals surface area (Å²) in [7, 11) is -1.56. The van der Waals surface area contributed by atoms with Gasteiger partial charge in [-0.15, -0.1) is 0 Å². The van der Waals surface area contributed by atoms with E-state index in [0.717, 1.165) is 12.8 Å². The molecule has 1 atom stereocenters. The summed E-state index contributed by atoms with van der Waals surface area (Å²) in [5.74, 6) is -0.440. The van der Waals surface area contributed by atoms with Gasteiger partial charge in [0.05, 0.1) is 44.2 Å². The molecule has 11 nitrogen and oxygen atoms in total. The number of benzene rings is 1. The molecular formula is C23H25N7O4S. The molecule has 182 valence electrons. The minimum atomic E-state index is -2.99. The molecule has 0 spiro atoms. The van der Waals surface area contributed by atoms with Crippen molar-refractivity contribution in [3.05, 3.63) is 48.4 Å². The third-order valence-electron chi connectivity index (χ3n) is 5.27. The van der Waals surface area contributed by atoms with Crippen molar-refractivity contribution in [2.75, 3.05) is 31.0 Å². The summed E-state index contributed by atoms with van der Waals surface area (Å²) in [6, 6.07) is 6.47. The molecule has 35 heavy (non-hydrogen) atoms. The quantitative estimate of drug-likeness (QED) is 0.369. The van der Waals surface area contributed by atoms with Gasteiger partial charge in [-0.05, 0) is 25.0 Å². The van der Waals surface area contributed by atoms with Gasteiger partial charge in [-0.2, -0.15) is 0 Å². The van der Waals surface area contributed by atoms with Crippen molar-refractivity contribution in [3.8, 4) is 17.1 Å². The van der Waals surface area contributed by atoms with Crippen LogP contribution in [0.5, 0.6) is 5.75 Å². The Balaban J connectivity index is 1.73. The zero-order valence-electron chi connectivity index (χ0n) is 21.9. The van der Waals surface area contributed by atoms with Crippen molar-refractivity contribution in [2.24, 2.45) is 5.92 Å². The number of hydrogen-bond acceptors (Lipinski definition) is 9. The number of nitrogens with one attached hydrogen (secondary N) is 4. The van der Waals surface area contributed by atoms with E-state index >= 15 is 0 Å². The van der Waals surface area contributed by atoms with E-state index in [1.807, 2.05) is 5.32 Å². The minimum Gasteiger partial charge on any atom is -0.494 e. The summed E-state index contributed by atoms with van der Waals surface area (Å²) in [5.41, 5.74) is 0.929. The van der Waals surface area contributed by atoms with Gasteiger partial charge >= 0.3 is 0 Å². The summed E-state index contributed by atoms with van der Waals surface area (Å²) >= 11 is 0. The molecule has 2 amide bonds. The fourth-order valence-corrected chi connectivity index (χ4v) is 3.79. The van der Waals surface area contributed by atoms with Crippen molar-refractivity contribution < 1.29 is 22.6 Å². The van der Waals surface area contributed by atoms with E-state index in [1.165, 1.54) is 38.0 Å². The maximum Gasteiger partial charge on any atom is 0.254 e. The van der Waals surface area contributed by atoms with E-state index in [4.69, 9.17) is 13.6 Å². The fourth-order valence-electron chi connectivity index (χ4n) is 3.28. The second-order valence-electron chi connectivity index (χ2n) is 7.93. The number of para-hydroxylation sites is 1. The van der Waals surface area contributed by atoms with Crippen molar-refractivity contribution >= 4 is 38.7 Å². The lowest BCUT2D eigenvalue weighted by Crippen LogP contribution is -2.20. The second-order valence-corrected chi connectivity index (χ2v) is 10.1. The summed E-state index contributed by atoms with van der Waals surface area (Å²) in [4.78, 5) is 37.7. The van der Waals surface area contributed by atoms with Gasteiger partial charge in [0, 0.05) is 47.9 Å². The fraction of sp³-hybridized carbons (Fsp3) is 0.261. The lowest BCUT2D eigenvalue weighted by molar-refractivity contribution is -0.117. The zero-order chi connectivity index (χ0) is 27.7. The predicted molar refractivity (Wildman–Crippen MR) is 131 cm³/mol. The molecule has 1 saturated carbocycles. The Bertz CT molecular complexity index is 1490. The molecule has 1 aliphatic carbocycles. The third-order valence-corrected chi connectivity index (χ3v) is 6.38. The van der Waals surface area contributed by atoms with Gasteiger partial charge in [0.15, 0.2) is 11.6 Å². The number of nitrogens with zero attached hydrogens (tertiary/aromatic N) is 3. The molecule has 4 N–H and O–H groups in total. The number of pyridine rings is 1. The molecular weight excluding hydrogens is 470 g/mol. The molecule has 0 saturated heterocycles. The Kier molecular flexibility index (Phi) is 5.61. The zero-order valence-corrected chi connectivity index (χ0v) is 19.7. The van der Waals surface area contributed by atoms with Crippen LogP contribution in [0.1, 0.15) is 27.3 Å². The van der Waals surface area contributed by atoms with Gasteiger partial charge in [0.2, 0.25) is 5.91 Å². The normalized spacial score (nSPS) is 16.1. The number of hydrogen-bond donors (Lipinski definition) is 4. The monoisotopic (exact) mass is 498 g/mol. The van der Waals surface area contributed by atoms with Crippen LogP contribution >= 0.6 is 0 Å². The molecule has 1 aromatic carbocycles. The smallest absolute Gasteiger partial charge is 0.254 e. The Morgan fingerprint density at radius 2 is 1.91 bits per heavy atom. The van der Waals surface area contributed by atoms with E-state index in [1.54, 1.807) is 18.2 Å². The summed E-state index contributed by atoms with van der Waals surface area (Å²) < 4.78 is 47.4. The average molecular weight is 499 g/mol. The van der Waals surface area contributed by atoms with Crippen LogP contribution in [-0.4, -0.2) is 51.3 Å². The van der Waals surface area contributed by atoms with Gasteiger partial charge in [0.1, 0.15) is 5.82 Å². The highest BCUT2D eigenvalue weighted by Crippen LogP contribution is 2.37. The molecule has 3 aromatic rings. The van der Waals surface area contributed by atoms with Gasteiger partial charge in [-0.3, -0.25) is 9.59 Å². The molecule has 1 unspecified atom stereocenters. The molecule has 0 radical (unpaired) electrons. The lowest BCUT2D eigenvalue weighted by atomic mass is 10.1. The van der Waals surface area contributed by atoms with Crippen LogP contribution in [0.2, 0.25) is 0 Å². The number of aromatic nitrogens is 3. The van der Waals surface area contributed by atoms with Crippen LogP contribution < -0.4 is 20.7 Å². The Morgan fingerprint density at radius 3 is 2.54 bits per heavy atom. The Hall–Kier alpha value is -4.06. The Morgan fingerprint density at radius 1 is 1.17 bits per heavy atom. The first kappa shape index (κ1) is 20.3. The first-order valence-corrected chi connectivity index (χ1v) is 12.5. The predicted octanol–water partition coefficient (Wildman–Crippen LogP) is 3.03. The second kappa shape index (κ2) is 9.66. The molecule has 12 heteroatoms. The van der Waals surface area contributed by atoms with Crippen LogP contribution in [0, 0.1) is 10.7 Å². The molecule has 1 fully saturated rings. The number of rotatable bonds is 8. The lowest BCUT2D eigenvalue weighted by Gasteiger charge is -2.17. The number of carbonyl (C=O) groups excluding carboxylic acids is 2. The highest BCUT2D eigenvalue weighted by molar-refractivity contribution is 7.91. The van der Waals surface area contributed by atoms with Crippen molar-refractivity contribution in [1.82, 2.24) is 20.3 Å².